The van der Waals surface area contributed by atoms with E-state index in [-0.39, 0.29) is 5.82 Å². The number of H-pyrrole nitrogens is 1. The fraction of sp³-hybridized carbons (Fsp3) is 0.217. The molecule has 0 spiro atoms. The number of aromatic amines is 1. The van der Waals surface area contributed by atoms with Gasteiger partial charge in [-0.3, -0.25) is 10.1 Å². The standard InChI is InChI=1S/C23H20FN3O2/c24-19-8-4-6-16-14-28-9-1-2-10-29-17-7-3-5-15(11-17)23-18-12-20(22(16)19)25-13-21(18)26-27-23/h3-8,11-13H,1-2,9-10,14H2,(H,26,27). The number of fused-ring (bicyclic) bond motifs is 6. The third-order valence-corrected chi connectivity index (χ3v) is 5.12. The quantitative estimate of drug-likeness (QED) is 0.453. The minimum absolute atomic E-state index is 0.306. The van der Waals surface area contributed by atoms with Gasteiger partial charge in [-0.15, -0.1) is 0 Å². The van der Waals surface area contributed by atoms with Crippen molar-refractivity contribution in [3.8, 4) is 28.3 Å². The van der Waals surface area contributed by atoms with E-state index in [1.807, 2.05) is 36.4 Å². The third-order valence-electron chi connectivity index (χ3n) is 5.12. The van der Waals surface area contributed by atoms with Crippen molar-refractivity contribution in [2.45, 2.75) is 19.4 Å². The number of pyridine rings is 1. The van der Waals surface area contributed by atoms with Gasteiger partial charge in [-0.1, -0.05) is 24.3 Å². The molecule has 29 heavy (non-hydrogen) atoms. The average molecular weight is 389 g/mol. The summed E-state index contributed by atoms with van der Waals surface area (Å²) >= 11 is 0. The number of aromatic nitrogens is 3. The molecule has 2 aromatic heterocycles. The van der Waals surface area contributed by atoms with Crippen LogP contribution in [0.5, 0.6) is 5.75 Å². The van der Waals surface area contributed by atoms with Gasteiger partial charge >= 0.3 is 0 Å². The Labute approximate surface area is 167 Å². The minimum atomic E-state index is -0.306. The molecule has 0 saturated heterocycles. The maximum Gasteiger partial charge on any atom is 0.132 e. The Kier molecular flexibility index (Phi) is 4.69. The second-order valence-electron chi connectivity index (χ2n) is 7.10. The SMILES string of the molecule is Fc1cccc2c1-c1cc3c(n[nH]c3cn1)-c1cccc(c1)OCCCCOC2. The van der Waals surface area contributed by atoms with Crippen LogP contribution in [-0.2, 0) is 11.3 Å². The number of nitrogens with zero attached hydrogens (tertiary/aromatic N) is 2. The van der Waals surface area contributed by atoms with Gasteiger partial charge in [0.25, 0.3) is 0 Å². The van der Waals surface area contributed by atoms with Gasteiger partial charge in [-0.25, -0.2) is 4.39 Å². The molecule has 4 aromatic rings. The van der Waals surface area contributed by atoms with Gasteiger partial charge in [0.1, 0.15) is 17.3 Å². The van der Waals surface area contributed by atoms with E-state index < -0.39 is 0 Å². The largest absolute Gasteiger partial charge is 0.494 e. The molecule has 2 aromatic carbocycles. The minimum Gasteiger partial charge on any atom is -0.494 e. The van der Waals surface area contributed by atoms with Crippen molar-refractivity contribution in [3.05, 3.63) is 66.1 Å². The number of rotatable bonds is 0. The second kappa shape index (κ2) is 7.64. The summed E-state index contributed by atoms with van der Waals surface area (Å²) in [4.78, 5) is 4.49. The zero-order chi connectivity index (χ0) is 19.6. The first-order chi connectivity index (χ1) is 14.3. The summed E-state index contributed by atoms with van der Waals surface area (Å²) in [6.07, 6.45) is 3.45. The van der Waals surface area contributed by atoms with Crippen LogP contribution in [0.25, 0.3) is 33.4 Å². The zero-order valence-corrected chi connectivity index (χ0v) is 15.8. The van der Waals surface area contributed by atoms with E-state index in [2.05, 4.69) is 15.2 Å². The lowest BCUT2D eigenvalue weighted by molar-refractivity contribution is 0.114. The molecule has 0 amide bonds. The zero-order valence-electron chi connectivity index (χ0n) is 15.8. The van der Waals surface area contributed by atoms with Crippen LogP contribution >= 0.6 is 0 Å². The number of halogens is 1. The van der Waals surface area contributed by atoms with Gasteiger partial charge in [0.2, 0.25) is 0 Å². The lowest BCUT2D eigenvalue weighted by atomic mass is 10.0. The van der Waals surface area contributed by atoms with Crippen LogP contribution in [0.1, 0.15) is 18.4 Å². The summed E-state index contributed by atoms with van der Waals surface area (Å²) < 4.78 is 26.5. The normalized spacial score (nSPS) is 14.5. The Morgan fingerprint density at radius 3 is 2.86 bits per heavy atom. The van der Waals surface area contributed by atoms with Gasteiger partial charge in [-0.2, -0.15) is 5.10 Å². The first-order valence-electron chi connectivity index (χ1n) is 9.72. The van der Waals surface area contributed by atoms with Crippen LogP contribution in [0, 0.1) is 5.82 Å². The molecule has 5 rings (SSSR count). The van der Waals surface area contributed by atoms with Crippen LogP contribution in [0.3, 0.4) is 0 Å². The molecule has 3 heterocycles. The van der Waals surface area contributed by atoms with E-state index in [0.717, 1.165) is 46.3 Å². The molecule has 0 fully saturated rings. The Balaban J connectivity index is 1.70. The van der Waals surface area contributed by atoms with Crippen molar-refractivity contribution in [3.63, 3.8) is 0 Å². The Bertz CT molecular complexity index is 1170. The van der Waals surface area contributed by atoms with E-state index in [0.29, 0.717) is 31.1 Å². The molecule has 4 bridgehead atoms. The van der Waals surface area contributed by atoms with Crippen LogP contribution < -0.4 is 4.74 Å². The Morgan fingerprint density at radius 2 is 1.90 bits per heavy atom. The molecule has 0 unspecified atom stereocenters. The lowest BCUT2D eigenvalue weighted by Gasteiger charge is -2.12. The summed E-state index contributed by atoms with van der Waals surface area (Å²) in [6, 6.07) is 14.8. The predicted octanol–water partition coefficient (Wildman–Crippen LogP) is 5.12. The monoisotopic (exact) mass is 389 g/mol. The van der Waals surface area contributed by atoms with Crippen molar-refractivity contribution in [2.24, 2.45) is 0 Å². The van der Waals surface area contributed by atoms with Crippen molar-refractivity contribution < 1.29 is 13.9 Å². The van der Waals surface area contributed by atoms with Gasteiger partial charge in [0.15, 0.2) is 0 Å². The van der Waals surface area contributed by atoms with Crippen molar-refractivity contribution >= 4 is 10.9 Å². The summed E-state index contributed by atoms with van der Waals surface area (Å²) in [5.41, 5.74) is 4.35. The predicted molar refractivity (Wildman–Crippen MR) is 109 cm³/mol. The summed E-state index contributed by atoms with van der Waals surface area (Å²) in [6.45, 7) is 1.55. The average Bonchev–Trinajstić information content (AvgIpc) is 3.16. The third kappa shape index (κ3) is 3.47. The van der Waals surface area contributed by atoms with Gasteiger partial charge in [-0.05, 0) is 42.7 Å². The van der Waals surface area contributed by atoms with Gasteiger partial charge in [0.05, 0.1) is 30.6 Å². The highest BCUT2D eigenvalue weighted by molar-refractivity contribution is 5.94. The van der Waals surface area contributed by atoms with E-state index in [1.54, 1.807) is 12.3 Å². The summed E-state index contributed by atoms with van der Waals surface area (Å²) in [5, 5.41) is 8.38. The molecule has 146 valence electrons. The molecule has 0 radical (unpaired) electrons. The van der Waals surface area contributed by atoms with Gasteiger partial charge in [0, 0.05) is 23.1 Å². The lowest BCUT2D eigenvalue weighted by Crippen LogP contribution is -2.03. The maximum atomic E-state index is 14.8. The number of nitrogens with one attached hydrogen (secondary N) is 1. The van der Waals surface area contributed by atoms with E-state index in [9.17, 15) is 4.39 Å². The Hall–Kier alpha value is -3.25. The fourth-order valence-corrected chi connectivity index (χ4v) is 3.66. The molecular weight excluding hydrogens is 369 g/mol. The van der Waals surface area contributed by atoms with Gasteiger partial charge < -0.3 is 9.47 Å². The molecule has 1 aliphatic rings. The maximum absolute atomic E-state index is 14.8. The van der Waals surface area contributed by atoms with Crippen molar-refractivity contribution in [2.75, 3.05) is 13.2 Å². The molecule has 5 nitrogen and oxygen atoms in total. The summed E-state index contributed by atoms with van der Waals surface area (Å²) in [5.74, 6) is 0.497. The highest BCUT2D eigenvalue weighted by atomic mass is 19.1. The Morgan fingerprint density at radius 1 is 1.00 bits per heavy atom. The first-order valence-corrected chi connectivity index (χ1v) is 9.72. The van der Waals surface area contributed by atoms with Crippen LogP contribution in [0.4, 0.5) is 4.39 Å². The fourth-order valence-electron chi connectivity index (χ4n) is 3.66. The smallest absolute Gasteiger partial charge is 0.132 e. The first kappa shape index (κ1) is 17.8. The highest BCUT2D eigenvalue weighted by Crippen LogP contribution is 2.33. The van der Waals surface area contributed by atoms with E-state index in [4.69, 9.17) is 9.47 Å². The van der Waals surface area contributed by atoms with Crippen molar-refractivity contribution in [1.82, 2.24) is 15.2 Å². The number of hydrogen-bond donors (Lipinski definition) is 1. The molecule has 1 N–H and O–H groups in total. The number of ether oxygens (including phenoxy) is 2. The molecular formula is C23H20FN3O2. The van der Waals surface area contributed by atoms with E-state index >= 15 is 0 Å². The van der Waals surface area contributed by atoms with Crippen molar-refractivity contribution in [1.29, 1.82) is 0 Å². The van der Waals surface area contributed by atoms with Crippen LogP contribution in [0.2, 0.25) is 0 Å². The number of hydrogen-bond acceptors (Lipinski definition) is 4. The molecule has 0 atom stereocenters. The number of benzene rings is 2. The van der Waals surface area contributed by atoms with Crippen LogP contribution in [0.15, 0.2) is 54.7 Å². The molecule has 0 aliphatic carbocycles. The highest BCUT2D eigenvalue weighted by Gasteiger charge is 2.16. The second-order valence-corrected chi connectivity index (χ2v) is 7.10. The molecule has 0 saturated carbocycles. The topological polar surface area (TPSA) is 60.0 Å². The molecule has 6 heteroatoms. The van der Waals surface area contributed by atoms with E-state index in [1.165, 1.54) is 6.07 Å². The van der Waals surface area contributed by atoms with Crippen LogP contribution in [-0.4, -0.2) is 28.4 Å². The summed E-state index contributed by atoms with van der Waals surface area (Å²) in [7, 11) is 0. The molecule has 1 aliphatic heterocycles.